The fraction of sp³-hybridized carbons (Fsp3) is 0.588. The molecule has 6 heteroatoms. The Hall–Kier alpha value is -1.63. The molecule has 128 valence electrons. The highest BCUT2D eigenvalue weighted by Gasteiger charge is 2.33. The van der Waals surface area contributed by atoms with E-state index in [-0.39, 0.29) is 31.1 Å². The Labute approximate surface area is 137 Å². The second kappa shape index (κ2) is 8.29. The van der Waals surface area contributed by atoms with Gasteiger partial charge in [0.2, 0.25) is 5.91 Å². The number of carbonyl (C=O) groups is 1. The van der Waals surface area contributed by atoms with Crippen molar-refractivity contribution in [1.82, 2.24) is 10.2 Å². The normalized spacial score (nSPS) is 21.4. The lowest BCUT2D eigenvalue weighted by Gasteiger charge is -2.18. The van der Waals surface area contributed by atoms with Gasteiger partial charge in [0, 0.05) is 45.3 Å². The highest BCUT2D eigenvalue weighted by Crippen LogP contribution is 2.22. The summed E-state index contributed by atoms with van der Waals surface area (Å²) in [5, 5.41) is 12.5. The summed E-state index contributed by atoms with van der Waals surface area (Å²) in [5.41, 5.74) is 2.30. The van der Waals surface area contributed by atoms with Gasteiger partial charge in [0.15, 0.2) is 0 Å². The van der Waals surface area contributed by atoms with Gasteiger partial charge in [-0.2, -0.15) is 0 Å². The zero-order valence-corrected chi connectivity index (χ0v) is 14.0. The van der Waals surface area contributed by atoms with Crippen molar-refractivity contribution in [3.8, 4) is 5.75 Å². The van der Waals surface area contributed by atoms with Crippen molar-refractivity contribution >= 4 is 5.91 Å². The van der Waals surface area contributed by atoms with E-state index in [1.54, 1.807) is 7.11 Å². The smallest absolute Gasteiger partial charge is 0.246 e. The van der Waals surface area contributed by atoms with Crippen LogP contribution in [-0.2, 0) is 16.1 Å². The molecule has 6 nitrogen and oxygen atoms in total. The Morgan fingerprint density at radius 3 is 2.78 bits per heavy atom. The van der Waals surface area contributed by atoms with Crippen molar-refractivity contribution in [2.45, 2.75) is 19.5 Å². The molecule has 1 aromatic rings. The van der Waals surface area contributed by atoms with Gasteiger partial charge in [-0.05, 0) is 24.1 Å². The number of aryl methyl sites for hydroxylation is 1. The van der Waals surface area contributed by atoms with Gasteiger partial charge >= 0.3 is 0 Å². The number of hydrogen-bond donors (Lipinski definition) is 2. The van der Waals surface area contributed by atoms with Gasteiger partial charge in [-0.15, -0.1) is 0 Å². The lowest BCUT2D eigenvalue weighted by Crippen LogP contribution is -2.43. The molecule has 1 saturated heterocycles. The molecule has 2 atom stereocenters. The standard InChI is InChI=1S/C17H26N2O4/c1-12-6-13(4-5-16(12)23-3)7-19-8-14(10-20)15(9-19)18-17(21)11-22-2/h4-6,14-15,20H,7-11H2,1-3H3,(H,18,21)/t14-,15+/m0/s1. The number of carbonyl (C=O) groups excluding carboxylic acids is 1. The summed E-state index contributed by atoms with van der Waals surface area (Å²) in [4.78, 5) is 13.9. The van der Waals surface area contributed by atoms with E-state index in [1.807, 2.05) is 13.0 Å². The summed E-state index contributed by atoms with van der Waals surface area (Å²) >= 11 is 0. The molecular formula is C17H26N2O4. The van der Waals surface area contributed by atoms with Gasteiger partial charge < -0.3 is 19.9 Å². The first kappa shape index (κ1) is 17.7. The number of aliphatic hydroxyl groups is 1. The molecule has 0 bridgehead atoms. The fourth-order valence-electron chi connectivity index (χ4n) is 3.11. The molecule has 1 aromatic carbocycles. The molecule has 2 N–H and O–H groups in total. The summed E-state index contributed by atoms with van der Waals surface area (Å²) in [6.45, 7) is 4.42. The average Bonchev–Trinajstić information content (AvgIpc) is 2.89. The lowest BCUT2D eigenvalue weighted by atomic mass is 10.1. The second-order valence-electron chi connectivity index (χ2n) is 6.05. The minimum absolute atomic E-state index is 0.0398. The summed E-state index contributed by atoms with van der Waals surface area (Å²) in [6, 6.07) is 6.10. The van der Waals surface area contributed by atoms with Crippen molar-refractivity contribution in [3.63, 3.8) is 0 Å². The highest BCUT2D eigenvalue weighted by atomic mass is 16.5. The number of likely N-dealkylation sites (tertiary alicyclic amines) is 1. The van der Waals surface area contributed by atoms with E-state index < -0.39 is 0 Å². The van der Waals surface area contributed by atoms with Crippen LogP contribution in [0.2, 0.25) is 0 Å². The molecule has 0 aliphatic carbocycles. The first-order chi connectivity index (χ1) is 11.1. The molecule has 1 aliphatic rings. The molecule has 0 radical (unpaired) electrons. The summed E-state index contributed by atoms with van der Waals surface area (Å²) < 4.78 is 10.1. The number of methoxy groups -OCH3 is 2. The maximum Gasteiger partial charge on any atom is 0.246 e. The number of nitrogens with one attached hydrogen (secondary N) is 1. The van der Waals surface area contributed by atoms with Gasteiger partial charge in [-0.3, -0.25) is 9.69 Å². The number of rotatable bonds is 7. The number of benzene rings is 1. The van der Waals surface area contributed by atoms with Crippen LogP contribution in [0.3, 0.4) is 0 Å². The van der Waals surface area contributed by atoms with E-state index in [4.69, 9.17) is 9.47 Å². The highest BCUT2D eigenvalue weighted by molar-refractivity contribution is 5.77. The van der Waals surface area contributed by atoms with Crippen LogP contribution in [0.5, 0.6) is 5.75 Å². The molecule has 1 heterocycles. The van der Waals surface area contributed by atoms with E-state index in [0.29, 0.717) is 0 Å². The summed E-state index contributed by atoms with van der Waals surface area (Å²) in [6.07, 6.45) is 0. The first-order valence-corrected chi connectivity index (χ1v) is 7.82. The first-order valence-electron chi connectivity index (χ1n) is 7.82. The van der Waals surface area contributed by atoms with Crippen molar-refractivity contribution < 1.29 is 19.4 Å². The average molecular weight is 322 g/mol. The van der Waals surface area contributed by atoms with Crippen LogP contribution in [0, 0.1) is 12.8 Å². The molecule has 0 unspecified atom stereocenters. The van der Waals surface area contributed by atoms with Crippen molar-refractivity contribution in [3.05, 3.63) is 29.3 Å². The number of ether oxygens (including phenoxy) is 2. The van der Waals surface area contributed by atoms with Gasteiger partial charge in [0.05, 0.1) is 7.11 Å². The van der Waals surface area contributed by atoms with E-state index >= 15 is 0 Å². The molecule has 0 spiro atoms. The number of aliphatic hydroxyl groups excluding tert-OH is 1. The Bertz CT molecular complexity index is 535. The Kier molecular flexibility index (Phi) is 6.38. The summed E-state index contributed by atoms with van der Waals surface area (Å²) in [7, 11) is 3.16. The molecule has 1 fully saturated rings. The minimum atomic E-state index is -0.141. The third-order valence-corrected chi connectivity index (χ3v) is 4.24. The molecule has 1 aliphatic heterocycles. The number of hydrogen-bond acceptors (Lipinski definition) is 5. The number of amides is 1. The third kappa shape index (κ3) is 4.67. The Morgan fingerprint density at radius 1 is 1.39 bits per heavy atom. The monoisotopic (exact) mass is 322 g/mol. The van der Waals surface area contributed by atoms with Crippen molar-refractivity contribution in [2.75, 3.05) is 40.5 Å². The van der Waals surface area contributed by atoms with Gasteiger partial charge in [0.1, 0.15) is 12.4 Å². The van der Waals surface area contributed by atoms with Crippen LogP contribution in [-0.4, -0.2) is 62.5 Å². The van der Waals surface area contributed by atoms with Crippen LogP contribution in [0.4, 0.5) is 0 Å². The molecule has 2 rings (SSSR count). The van der Waals surface area contributed by atoms with Crippen LogP contribution >= 0.6 is 0 Å². The Balaban J connectivity index is 1.96. The van der Waals surface area contributed by atoms with E-state index in [9.17, 15) is 9.90 Å². The van der Waals surface area contributed by atoms with Crippen LogP contribution in [0.1, 0.15) is 11.1 Å². The van der Waals surface area contributed by atoms with Crippen LogP contribution in [0.25, 0.3) is 0 Å². The van der Waals surface area contributed by atoms with Crippen molar-refractivity contribution in [2.24, 2.45) is 5.92 Å². The fourth-order valence-corrected chi connectivity index (χ4v) is 3.11. The van der Waals surface area contributed by atoms with Crippen LogP contribution < -0.4 is 10.1 Å². The molecule has 0 saturated carbocycles. The quantitative estimate of drug-likeness (QED) is 0.767. The topological polar surface area (TPSA) is 71.0 Å². The zero-order chi connectivity index (χ0) is 16.8. The molecular weight excluding hydrogens is 296 g/mol. The lowest BCUT2D eigenvalue weighted by molar-refractivity contribution is -0.125. The molecule has 23 heavy (non-hydrogen) atoms. The van der Waals surface area contributed by atoms with Gasteiger partial charge in [0.25, 0.3) is 0 Å². The van der Waals surface area contributed by atoms with Crippen LogP contribution in [0.15, 0.2) is 18.2 Å². The maximum absolute atomic E-state index is 11.7. The van der Waals surface area contributed by atoms with E-state index in [2.05, 4.69) is 22.3 Å². The van der Waals surface area contributed by atoms with E-state index in [1.165, 1.54) is 12.7 Å². The third-order valence-electron chi connectivity index (χ3n) is 4.24. The predicted molar refractivity (Wildman–Crippen MR) is 87.4 cm³/mol. The largest absolute Gasteiger partial charge is 0.496 e. The molecule has 0 aromatic heterocycles. The van der Waals surface area contributed by atoms with Crippen molar-refractivity contribution in [1.29, 1.82) is 0 Å². The molecule has 1 amide bonds. The van der Waals surface area contributed by atoms with Gasteiger partial charge in [-0.25, -0.2) is 0 Å². The zero-order valence-electron chi connectivity index (χ0n) is 14.0. The summed E-state index contributed by atoms with van der Waals surface area (Å²) in [5.74, 6) is 0.793. The predicted octanol–water partition coefficient (Wildman–Crippen LogP) is 0.559. The van der Waals surface area contributed by atoms with E-state index in [0.717, 1.165) is 30.9 Å². The maximum atomic E-state index is 11.7. The Morgan fingerprint density at radius 2 is 2.17 bits per heavy atom. The second-order valence-corrected chi connectivity index (χ2v) is 6.05. The number of nitrogens with zero attached hydrogens (tertiary/aromatic N) is 1. The SMILES string of the molecule is COCC(=O)N[C@@H]1CN(Cc2ccc(OC)c(C)c2)C[C@H]1CO. The minimum Gasteiger partial charge on any atom is -0.496 e. The van der Waals surface area contributed by atoms with Gasteiger partial charge in [-0.1, -0.05) is 12.1 Å².